The lowest BCUT2D eigenvalue weighted by molar-refractivity contribution is 1.05. The van der Waals surface area contributed by atoms with Gasteiger partial charge in [0.2, 0.25) is 0 Å². The molecule has 0 amide bonds. The van der Waals surface area contributed by atoms with Gasteiger partial charge in [-0.25, -0.2) is 19.9 Å². The van der Waals surface area contributed by atoms with Crippen molar-refractivity contribution in [3.05, 3.63) is 61.6 Å². The zero-order valence-corrected chi connectivity index (χ0v) is 15.8. The Bertz CT molecular complexity index is 1510. The van der Waals surface area contributed by atoms with Crippen LogP contribution in [0.25, 0.3) is 50.4 Å². The molecule has 0 aliphatic rings. The molecular weight excluding hydrogens is 380 g/mol. The SMILES string of the molecule is Cc1cn(-c2cncc3[nH]c(-c4n[nH]c5cnc(-c6cncnc6)cc45)nc23)cn1. The summed E-state index contributed by atoms with van der Waals surface area (Å²) in [5.41, 5.74) is 6.49. The molecule has 0 saturated carbocycles. The predicted octanol–water partition coefficient (Wildman–Crippen LogP) is 2.85. The number of pyridine rings is 2. The van der Waals surface area contributed by atoms with Gasteiger partial charge >= 0.3 is 0 Å². The molecule has 144 valence electrons. The van der Waals surface area contributed by atoms with Crippen LogP contribution in [0.15, 0.2) is 55.9 Å². The van der Waals surface area contributed by atoms with Gasteiger partial charge in [0, 0.05) is 29.5 Å². The van der Waals surface area contributed by atoms with Gasteiger partial charge in [-0.3, -0.25) is 15.1 Å². The number of H-pyrrole nitrogens is 2. The summed E-state index contributed by atoms with van der Waals surface area (Å²) < 4.78 is 1.91. The topological polar surface area (TPSA) is 127 Å². The summed E-state index contributed by atoms with van der Waals surface area (Å²) in [4.78, 5) is 29.4. The van der Waals surface area contributed by atoms with Crippen molar-refractivity contribution in [2.45, 2.75) is 6.92 Å². The van der Waals surface area contributed by atoms with Crippen molar-refractivity contribution in [3.63, 3.8) is 0 Å². The second-order valence-corrected chi connectivity index (χ2v) is 6.88. The van der Waals surface area contributed by atoms with E-state index < -0.39 is 0 Å². The second kappa shape index (κ2) is 6.27. The summed E-state index contributed by atoms with van der Waals surface area (Å²) in [6, 6.07) is 1.96. The summed E-state index contributed by atoms with van der Waals surface area (Å²) in [5.74, 6) is 0.642. The normalized spacial score (nSPS) is 11.5. The van der Waals surface area contributed by atoms with Crippen LogP contribution in [0.3, 0.4) is 0 Å². The molecule has 0 saturated heterocycles. The lowest BCUT2D eigenvalue weighted by Crippen LogP contribution is -1.92. The molecule has 6 rings (SSSR count). The van der Waals surface area contributed by atoms with Crippen molar-refractivity contribution in [1.82, 2.24) is 49.7 Å². The van der Waals surface area contributed by atoms with Gasteiger partial charge < -0.3 is 9.55 Å². The van der Waals surface area contributed by atoms with Gasteiger partial charge in [-0.1, -0.05) is 0 Å². The van der Waals surface area contributed by atoms with Gasteiger partial charge in [-0.05, 0) is 13.0 Å². The number of nitrogens with one attached hydrogen (secondary N) is 2. The summed E-state index contributed by atoms with van der Waals surface area (Å²) in [5, 5.41) is 8.40. The van der Waals surface area contributed by atoms with Gasteiger partial charge in [0.05, 0.1) is 53.0 Å². The maximum atomic E-state index is 4.82. The molecule has 0 aliphatic carbocycles. The molecule has 10 nitrogen and oxygen atoms in total. The third-order valence-electron chi connectivity index (χ3n) is 4.89. The van der Waals surface area contributed by atoms with Crippen molar-refractivity contribution in [3.8, 4) is 28.5 Å². The maximum Gasteiger partial charge on any atom is 0.159 e. The zero-order chi connectivity index (χ0) is 20.1. The molecule has 0 aliphatic heterocycles. The fraction of sp³-hybridized carbons (Fsp3) is 0.0500. The van der Waals surface area contributed by atoms with Crippen LogP contribution in [0, 0.1) is 6.92 Å². The third kappa shape index (κ3) is 2.54. The van der Waals surface area contributed by atoms with Crippen LogP contribution >= 0.6 is 0 Å². The minimum atomic E-state index is 0.642. The Morgan fingerprint density at radius 1 is 0.933 bits per heavy atom. The Hall–Kier alpha value is -4.47. The Balaban J connectivity index is 1.52. The predicted molar refractivity (Wildman–Crippen MR) is 110 cm³/mol. The summed E-state index contributed by atoms with van der Waals surface area (Å²) in [6.45, 7) is 1.94. The number of aryl methyl sites for hydroxylation is 1. The molecule has 0 aromatic carbocycles. The maximum absolute atomic E-state index is 4.82. The first-order chi connectivity index (χ1) is 14.8. The van der Waals surface area contributed by atoms with E-state index in [1.807, 2.05) is 23.8 Å². The number of nitrogens with zero attached hydrogens (tertiary/aromatic N) is 8. The zero-order valence-electron chi connectivity index (χ0n) is 15.8. The Labute approximate surface area is 169 Å². The fourth-order valence-electron chi connectivity index (χ4n) is 3.46. The molecule has 0 spiro atoms. The molecule has 6 aromatic rings. The van der Waals surface area contributed by atoms with Gasteiger partial charge in [0.1, 0.15) is 17.5 Å². The van der Waals surface area contributed by atoms with E-state index in [0.717, 1.165) is 44.6 Å². The standard InChI is InChI=1S/C20H14N10/c1-11-8-30(10-25-11)17-7-21-5-16-19(17)27-20(26-16)18-13-2-14(12-3-22-9-23-4-12)24-6-15(13)28-29-18/h2-10H,1H3,(H,26,27)(H,28,29). The average Bonchev–Trinajstić information content (AvgIpc) is 3.51. The molecule has 0 bridgehead atoms. The smallest absolute Gasteiger partial charge is 0.159 e. The van der Waals surface area contributed by atoms with E-state index in [1.54, 1.807) is 37.3 Å². The molecule has 0 radical (unpaired) electrons. The Kier molecular flexibility index (Phi) is 3.45. The van der Waals surface area contributed by atoms with E-state index in [2.05, 4.69) is 40.1 Å². The first-order valence-electron chi connectivity index (χ1n) is 9.21. The summed E-state index contributed by atoms with van der Waals surface area (Å²) >= 11 is 0. The molecule has 0 unspecified atom stereocenters. The van der Waals surface area contributed by atoms with E-state index in [4.69, 9.17) is 4.98 Å². The molecular formula is C20H14N10. The van der Waals surface area contributed by atoms with E-state index in [9.17, 15) is 0 Å². The first kappa shape index (κ1) is 16.5. The third-order valence-corrected chi connectivity index (χ3v) is 4.89. The van der Waals surface area contributed by atoms with Gasteiger partial charge in [0.25, 0.3) is 0 Å². The minimum absolute atomic E-state index is 0.642. The van der Waals surface area contributed by atoms with Gasteiger partial charge in [-0.2, -0.15) is 5.10 Å². The van der Waals surface area contributed by atoms with Gasteiger partial charge in [-0.15, -0.1) is 0 Å². The molecule has 30 heavy (non-hydrogen) atoms. The highest BCUT2D eigenvalue weighted by molar-refractivity contribution is 5.95. The molecule has 0 atom stereocenters. The van der Waals surface area contributed by atoms with Gasteiger partial charge in [0.15, 0.2) is 5.82 Å². The van der Waals surface area contributed by atoms with E-state index in [-0.39, 0.29) is 0 Å². The van der Waals surface area contributed by atoms with Crippen LogP contribution in [-0.2, 0) is 0 Å². The lowest BCUT2D eigenvalue weighted by atomic mass is 10.1. The van der Waals surface area contributed by atoms with Crippen LogP contribution in [0.1, 0.15) is 5.69 Å². The van der Waals surface area contributed by atoms with E-state index in [0.29, 0.717) is 11.5 Å². The number of fused-ring (bicyclic) bond motifs is 2. The number of aromatic amines is 2. The van der Waals surface area contributed by atoms with Crippen LogP contribution < -0.4 is 0 Å². The Morgan fingerprint density at radius 3 is 2.67 bits per heavy atom. The summed E-state index contributed by atoms with van der Waals surface area (Å²) in [7, 11) is 0. The molecule has 2 N–H and O–H groups in total. The van der Waals surface area contributed by atoms with Crippen LogP contribution in [-0.4, -0.2) is 49.7 Å². The highest BCUT2D eigenvalue weighted by atomic mass is 15.1. The molecule has 0 fully saturated rings. The Morgan fingerprint density at radius 2 is 1.83 bits per heavy atom. The number of rotatable bonds is 3. The number of hydrogen-bond donors (Lipinski definition) is 2. The van der Waals surface area contributed by atoms with Crippen molar-refractivity contribution < 1.29 is 0 Å². The highest BCUT2D eigenvalue weighted by Gasteiger charge is 2.16. The minimum Gasteiger partial charge on any atom is -0.335 e. The van der Waals surface area contributed by atoms with Crippen LogP contribution in [0.5, 0.6) is 0 Å². The van der Waals surface area contributed by atoms with Crippen LogP contribution in [0.2, 0.25) is 0 Å². The van der Waals surface area contributed by atoms with E-state index in [1.165, 1.54) is 6.33 Å². The molecule has 6 aromatic heterocycles. The van der Waals surface area contributed by atoms with Crippen molar-refractivity contribution in [2.75, 3.05) is 0 Å². The average molecular weight is 394 g/mol. The highest BCUT2D eigenvalue weighted by Crippen LogP contribution is 2.29. The number of aromatic nitrogens is 10. The van der Waals surface area contributed by atoms with E-state index >= 15 is 0 Å². The van der Waals surface area contributed by atoms with Crippen molar-refractivity contribution in [2.24, 2.45) is 0 Å². The van der Waals surface area contributed by atoms with Crippen molar-refractivity contribution in [1.29, 1.82) is 0 Å². The largest absolute Gasteiger partial charge is 0.335 e. The fourth-order valence-corrected chi connectivity index (χ4v) is 3.46. The number of imidazole rings is 2. The second-order valence-electron chi connectivity index (χ2n) is 6.88. The van der Waals surface area contributed by atoms with Crippen LogP contribution in [0.4, 0.5) is 0 Å². The molecule has 6 heterocycles. The monoisotopic (exact) mass is 394 g/mol. The lowest BCUT2D eigenvalue weighted by Gasteiger charge is -2.01. The summed E-state index contributed by atoms with van der Waals surface area (Å²) in [6.07, 6.45) is 13.9. The van der Waals surface area contributed by atoms with Crippen molar-refractivity contribution >= 4 is 21.9 Å². The molecule has 10 heteroatoms. The first-order valence-corrected chi connectivity index (χ1v) is 9.21. The number of hydrogen-bond acceptors (Lipinski definition) is 7. The quantitative estimate of drug-likeness (QED) is 0.472.